The molecule has 0 bridgehead atoms. The molecule has 0 saturated carbocycles. The summed E-state index contributed by atoms with van der Waals surface area (Å²) in [6.07, 6.45) is 0. The third-order valence-corrected chi connectivity index (χ3v) is 4.11. The number of hydrogen-bond acceptors (Lipinski definition) is 3. The first-order chi connectivity index (χ1) is 9.04. The Morgan fingerprint density at radius 2 is 1.84 bits per heavy atom. The monoisotopic (exact) mass is 367 g/mol. The van der Waals surface area contributed by atoms with E-state index in [-0.39, 0.29) is 0 Å². The molecule has 0 unspecified atom stereocenters. The van der Waals surface area contributed by atoms with E-state index in [1.807, 2.05) is 19.2 Å². The number of aromatic nitrogens is 2. The number of hydrogen-bond donors (Lipinski definition) is 1. The largest absolute Gasteiger partial charge is 0.372 e. The van der Waals surface area contributed by atoms with Crippen LogP contribution in [0.4, 0.5) is 5.82 Å². The Bertz CT molecular complexity index is 594. The molecule has 0 saturated heterocycles. The van der Waals surface area contributed by atoms with Crippen LogP contribution in [0.5, 0.6) is 0 Å². The molecule has 4 heteroatoms. The molecule has 0 spiro atoms. The maximum atomic E-state index is 4.75. The van der Waals surface area contributed by atoms with Crippen molar-refractivity contribution in [2.45, 2.75) is 26.7 Å². The molecule has 0 aliphatic carbocycles. The second-order valence-corrected chi connectivity index (χ2v) is 5.89. The quantitative estimate of drug-likeness (QED) is 0.826. The van der Waals surface area contributed by atoms with Gasteiger partial charge >= 0.3 is 0 Å². The standard InChI is InChI=1S/C15H18IN3/c1-9(2)13-12(16)15(17-4)19-14(18-13)11-8-6-5-7-10(11)3/h5-9H,1-4H3,(H,17,18,19). The highest BCUT2D eigenvalue weighted by Gasteiger charge is 2.15. The predicted molar refractivity (Wildman–Crippen MR) is 88.6 cm³/mol. The zero-order valence-electron chi connectivity index (χ0n) is 11.7. The Hall–Kier alpha value is -1.17. The fraction of sp³-hybridized carbons (Fsp3) is 0.333. The average molecular weight is 367 g/mol. The molecule has 19 heavy (non-hydrogen) atoms. The first-order valence-corrected chi connectivity index (χ1v) is 7.43. The van der Waals surface area contributed by atoms with E-state index in [1.54, 1.807) is 0 Å². The van der Waals surface area contributed by atoms with E-state index in [0.29, 0.717) is 5.92 Å². The van der Waals surface area contributed by atoms with Crippen LogP contribution >= 0.6 is 22.6 Å². The van der Waals surface area contributed by atoms with E-state index in [4.69, 9.17) is 4.98 Å². The summed E-state index contributed by atoms with van der Waals surface area (Å²) in [5, 5.41) is 3.16. The van der Waals surface area contributed by atoms with Crippen LogP contribution in [0.15, 0.2) is 24.3 Å². The van der Waals surface area contributed by atoms with Crippen molar-refractivity contribution in [1.29, 1.82) is 0 Å². The maximum Gasteiger partial charge on any atom is 0.162 e. The number of nitrogens with one attached hydrogen (secondary N) is 1. The topological polar surface area (TPSA) is 37.8 Å². The minimum atomic E-state index is 0.379. The summed E-state index contributed by atoms with van der Waals surface area (Å²) in [7, 11) is 1.90. The molecule has 1 heterocycles. The first kappa shape index (κ1) is 14.2. The Balaban J connectivity index is 2.65. The molecule has 1 aromatic carbocycles. The van der Waals surface area contributed by atoms with Gasteiger partial charge in [0.1, 0.15) is 5.82 Å². The summed E-state index contributed by atoms with van der Waals surface area (Å²) in [6.45, 7) is 6.40. The van der Waals surface area contributed by atoms with Crippen LogP contribution in [0.25, 0.3) is 11.4 Å². The third kappa shape index (κ3) is 2.88. The fourth-order valence-electron chi connectivity index (χ4n) is 1.96. The van der Waals surface area contributed by atoms with Crippen molar-refractivity contribution < 1.29 is 0 Å². The predicted octanol–water partition coefficient (Wildman–Crippen LogP) is 4.22. The lowest BCUT2D eigenvalue weighted by atomic mass is 10.1. The molecule has 100 valence electrons. The van der Waals surface area contributed by atoms with Crippen LogP contribution in [-0.4, -0.2) is 17.0 Å². The van der Waals surface area contributed by atoms with E-state index >= 15 is 0 Å². The molecule has 2 aromatic rings. The zero-order chi connectivity index (χ0) is 14.0. The summed E-state index contributed by atoms with van der Waals surface area (Å²) in [5.41, 5.74) is 3.39. The van der Waals surface area contributed by atoms with Gasteiger partial charge in [0.2, 0.25) is 0 Å². The van der Waals surface area contributed by atoms with E-state index in [1.165, 1.54) is 5.56 Å². The number of aryl methyl sites for hydroxylation is 1. The second-order valence-electron chi connectivity index (χ2n) is 4.81. The lowest BCUT2D eigenvalue weighted by molar-refractivity contribution is 0.809. The molecule has 0 amide bonds. The van der Waals surface area contributed by atoms with Gasteiger partial charge in [-0.3, -0.25) is 0 Å². The van der Waals surface area contributed by atoms with Crippen molar-refractivity contribution in [3.63, 3.8) is 0 Å². The molecular weight excluding hydrogens is 349 g/mol. The van der Waals surface area contributed by atoms with E-state index < -0.39 is 0 Å². The Morgan fingerprint density at radius 1 is 1.16 bits per heavy atom. The second kappa shape index (κ2) is 5.86. The van der Waals surface area contributed by atoms with E-state index in [9.17, 15) is 0 Å². The van der Waals surface area contributed by atoms with Crippen LogP contribution in [0.3, 0.4) is 0 Å². The van der Waals surface area contributed by atoms with Gasteiger partial charge in [-0.15, -0.1) is 0 Å². The number of halogens is 1. The normalized spacial score (nSPS) is 10.8. The molecular formula is C15H18IN3. The van der Waals surface area contributed by atoms with Crippen LogP contribution in [-0.2, 0) is 0 Å². The minimum Gasteiger partial charge on any atom is -0.372 e. The lowest BCUT2D eigenvalue weighted by Crippen LogP contribution is -2.07. The van der Waals surface area contributed by atoms with Crippen LogP contribution in [0.2, 0.25) is 0 Å². The molecule has 1 N–H and O–H groups in total. The van der Waals surface area contributed by atoms with Gasteiger partial charge in [0.25, 0.3) is 0 Å². The highest BCUT2D eigenvalue weighted by Crippen LogP contribution is 2.29. The molecule has 0 atom stereocenters. The molecule has 0 radical (unpaired) electrons. The summed E-state index contributed by atoms with van der Waals surface area (Å²) in [6, 6.07) is 8.22. The highest BCUT2D eigenvalue weighted by atomic mass is 127. The molecule has 0 aliphatic heterocycles. The number of benzene rings is 1. The van der Waals surface area contributed by atoms with Gasteiger partial charge in [-0.1, -0.05) is 38.1 Å². The maximum absolute atomic E-state index is 4.75. The summed E-state index contributed by atoms with van der Waals surface area (Å²) in [4.78, 5) is 9.39. The Kier molecular flexibility index (Phi) is 4.39. The fourth-order valence-corrected chi connectivity index (χ4v) is 3.09. The van der Waals surface area contributed by atoms with Crippen molar-refractivity contribution in [2.75, 3.05) is 12.4 Å². The minimum absolute atomic E-state index is 0.379. The van der Waals surface area contributed by atoms with Gasteiger partial charge < -0.3 is 5.32 Å². The number of anilines is 1. The SMILES string of the molecule is CNc1nc(-c2ccccc2C)nc(C(C)C)c1I. The van der Waals surface area contributed by atoms with Crippen molar-refractivity contribution >= 4 is 28.4 Å². The van der Waals surface area contributed by atoms with Crippen LogP contribution in [0.1, 0.15) is 31.0 Å². The van der Waals surface area contributed by atoms with Gasteiger partial charge in [-0.05, 0) is 41.0 Å². The van der Waals surface area contributed by atoms with Gasteiger partial charge in [0.15, 0.2) is 5.82 Å². The van der Waals surface area contributed by atoms with Crippen molar-refractivity contribution in [1.82, 2.24) is 9.97 Å². The molecule has 1 aromatic heterocycles. The van der Waals surface area contributed by atoms with Gasteiger partial charge in [0, 0.05) is 12.6 Å². The van der Waals surface area contributed by atoms with E-state index in [0.717, 1.165) is 26.5 Å². The molecule has 3 nitrogen and oxygen atoms in total. The number of nitrogens with zero attached hydrogens (tertiary/aromatic N) is 2. The summed E-state index contributed by atoms with van der Waals surface area (Å²) >= 11 is 2.31. The van der Waals surface area contributed by atoms with Crippen molar-refractivity contribution in [2.24, 2.45) is 0 Å². The van der Waals surface area contributed by atoms with Gasteiger partial charge in [-0.25, -0.2) is 9.97 Å². The smallest absolute Gasteiger partial charge is 0.162 e. The lowest BCUT2D eigenvalue weighted by Gasteiger charge is -2.14. The van der Waals surface area contributed by atoms with Crippen LogP contribution in [0, 0.1) is 10.5 Å². The van der Waals surface area contributed by atoms with Crippen LogP contribution < -0.4 is 5.32 Å². The summed E-state index contributed by atoms with van der Waals surface area (Å²) in [5.74, 6) is 2.08. The van der Waals surface area contributed by atoms with E-state index in [2.05, 4.69) is 65.8 Å². The third-order valence-electron chi connectivity index (χ3n) is 3.05. The van der Waals surface area contributed by atoms with Gasteiger partial charge in [-0.2, -0.15) is 0 Å². The summed E-state index contributed by atoms with van der Waals surface area (Å²) < 4.78 is 1.10. The van der Waals surface area contributed by atoms with Crippen molar-refractivity contribution in [3.05, 3.63) is 39.1 Å². The number of rotatable bonds is 3. The average Bonchev–Trinajstić information content (AvgIpc) is 2.39. The molecule has 0 fully saturated rings. The van der Waals surface area contributed by atoms with Gasteiger partial charge in [0.05, 0.1) is 9.26 Å². The Morgan fingerprint density at radius 3 is 2.42 bits per heavy atom. The Labute approximate surface area is 128 Å². The first-order valence-electron chi connectivity index (χ1n) is 6.35. The molecule has 2 rings (SSSR count). The molecule has 0 aliphatic rings. The van der Waals surface area contributed by atoms with Crippen molar-refractivity contribution in [3.8, 4) is 11.4 Å². The zero-order valence-corrected chi connectivity index (χ0v) is 13.8. The highest BCUT2D eigenvalue weighted by molar-refractivity contribution is 14.1.